The van der Waals surface area contributed by atoms with Crippen LogP contribution < -0.4 is 5.32 Å². The average Bonchev–Trinajstić information content (AvgIpc) is 3.80. The third-order valence-corrected chi connectivity index (χ3v) is 6.98. The van der Waals surface area contributed by atoms with Gasteiger partial charge in [-0.1, -0.05) is 30.3 Å². The first-order valence-electron chi connectivity index (χ1n) is 14.3. The Bertz CT molecular complexity index is 1250. The highest BCUT2D eigenvalue weighted by molar-refractivity contribution is 5.97. The van der Waals surface area contributed by atoms with Crippen LogP contribution in [0.5, 0.6) is 0 Å². The van der Waals surface area contributed by atoms with Gasteiger partial charge in [-0.25, -0.2) is 9.78 Å². The van der Waals surface area contributed by atoms with E-state index in [1.165, 1.54) is 0 Å². The third-order valence-electron chi connectivity index (χ3n) is 6.98. The van der Waals surface area contributed by atoms with Crippen molar-refractivity contribution in [3.8, 4) is 11.3 Å². The molecule has 1 atom stereocenters. The number of esters is 1. The fourth-order valence-corrected chi connectivity index (χ4v) is 4.77. The van der Waals surface area contributed by atoms with Gasteiger partial charge in [-0.15, -0.1) is 0 Å². The highest BCUT2D eigenvalue weighted by Crippen LogP contribution is 2.41. The maximum Gasteiger partial charge on any atom is 0.409 e. The molecule has 1 saturated heterocycles. The zero-order chi connectivity index (χ0) is 29.6. The number of benzene rings is 1. The van der Waals surface area contributed by atoms with E-state index in [9.17, 15) is 19.2 Å². The van der Waals surface area contributed by atoms with Gasteiger partial charge in [0.25, 0.3) is 5.91 Å². The number of piperazine rings is 1. The summed E-state index contributed by atoms with van der Waals surface area (Å²) in [6.07, 6.45) is 1.75. The second-order valence-corrected chi connectivity index (χ2v) is 11.5. The molecule has 1 aromatic carbocycles. The van der Waals surface area contributed by atoms with E-state index in [2.05, 4.69) is 10.3 Å². The zero-order valence-electron chi connectivity index (χ0n) is 24.4. The molecule has 0 radical (unpaired) electrons. The Kier molecular flexibility index (Phi) is 9.62. The number of pyridine rings is 1. The highest BCUT2D eigenvalue weighted by atomic mass is 16.6. The first-order valence-corrected chi connectivity index (χ1v) is 14.3. The number of aromatic nitrogens is 1. The van der Waals surface area contributed by atoms with E-state index < -0.39 is 29.6 Å². The van der Waals surface area contributed by atoms with Gasteiger partial charge in [0.05, 0.1) is 12.3 Å². The molecule has 1 aromatic heterocycles. The van der Waals surface area contributed by atoms with Gasteiger partial charge >= 0.3 is 12.1 Å². The quantitative estimate of drug-likeness (QED) is 0.455. The molecular weight excluding hydrogens is 524 g/mol. The Morgan fingerprint density at radius 3 is 2.27 bits per heavy atom. The van der Waals surface area contributed by atoms with Crippen molar-refractivity contribution < 1.29 is 28.7 Å². The maximum atomic E-state index is 13.6. The molecule has 3 amide bonds. The van der Waals surface area contributed by atoms with Gasteiger partial charge in [0.2, 0.25) is 5.91 Å². The van der Waals surface area contributed by atoms with Crippen molar-refractivity contribution in [3.63, 3.8) is 0 Å². The van der Waals surface area contributed by atoms with Crippen LogP contribution in [0.2, 0.25) is 0 Å². The molecule has 1 saturated carbocycles. The summed E-state index contributed by atoms with van der Waals surface area (Å²) in [7, 11) is 0. The predicted octanol–water partition coefficient (Wildman–Crippen LogP) is 4.15. The molecule has 2 aliphatic rings. The number of carbonyl (C=O) groups excluding carboxylic acids is 4. The summed E-state index contributed by atoms with van der Waals surface area (Å²) in [5, 5.41) is 2.86. The lowest BCUT2D eigenvalue weighted by atomic mass is 10.0. The van der Waals surface area contributed by atoms with Crippen molar-refractivity contribution in [2.75, 3.05) is 32.8 Å². The summed E-state index contributed by atoms with van der Waals surface area (Å²) in [6, 6.07) is 12.5. The molecule has 10 nitrogen and oxygen atoms in total. The summed E-state index contributed by atoms with van der Waals surface area (Å²) in [5.41, 5.74) is 2.23. The van der Waals surface area contributed by atoms with Crippen LogP contribution in [0, 0.1) is 0 Å². The topological polar surface area (TPSA) is 118 Å². The summed E-state index contributed by atoms with van der Waals surface area (Å²) in [4.78, 5) is 59.6. The number of carbonyl (C=O) groups is 4. The SMILES string of the molecule is CCOC(=O)N1CCN(C(=O)[C@H](CCC(=O)OC(C)(C)C)NC(=O)c2cc(C3CC3)cc(-c3ccccc3)n2)CC1. The molecule has 0 spiro atoms. The van der Waals surface area contributed by atoms with E-state index in [1.54, 1.807) is 43.6 Å². The van der Waals surface area contributed by atoms with Crippen LogP contribution in [0.15, 0.2) is 42.5 Å². The van der Waals surface area contributed by atoms with E-state index in [4.69, 9.17) is 9.47 Å². The minimum atomic E-state index is -0.962. The molecule has 1 aliphatic carbocycles. The number of hydrogen-bond donors (Lipinski definition) is 1. The van der Waals surface area contributed by atoms with Crippen LogP contribution in [0.1, 0.15) is 75.3 Å². The van der Waals surface area contributed by atoms with Crippen molar-refractivity contribution in [2.24, 2.45) is 0 Å². The lowest BCUT2D eigenvalue weighted by Crippen LogP contribution is -2.56. The average molecular weight is 565 g/mol. The van der Waals surface area contributed by atoms with E-state index in [-0.39, 0.29) is 31.0 Å². The van der Waals surface area contributed by atoms with Crippen molar-refractivity contribution in [2.45, 2.75) is 70.9 Å². The van der Waals surface area contributed by atoms with Gasteiger partial charge in [0.1, 0.15) is 17.3 Å². The van der Waals surface area contributed by atoms with Gasteiger partial charge in [-0.2, -0.15) is 0 Å². The van der Waals surface area contributed by atoms with Crippen LogP contribution in [-0.4, -0.2) is 83.1 Å². The first kappa shape index (κ1) is 30.0. The minimum Gasteiger partial charge on any atom is -0.460 e. The Hall–Kier alpha value is -3.95. The van der Waals surface area contributed by atoms with Gasteiger partial charge in [0, 0.05) is 38.2 Å². The van der Waals surface area contributed by atoms with Gasteiger partial charge < -0.3 is 24.6 Å². The highest BCUT2D eigenvalue weighted by Gasteiger charge is 2.32. The van der Waals surface area contributed by atoms with Crippen molar-refractivity contribution in [3.05, 3.63) is 53.7 Å². The second-order valence-electron chi connectivity index (χ2n) is 11.5. The summed E-state index contributed by atoms with van der Waals surface area (Å²) in [5.74, 6) is -0.839. The molecule has 4 rings (SSSR count). The van der Waals surface area contributed by atoms with Crippen LogP contribution in [0.25, 0.3) is 11.3 Å². The Labute approximate surface area is 241 Å². The van der Waals surface area contributed by atoms with Crippen LogP contribution in [0.3, 0.4) is 0 Å². The molecular formula is C31H40N4O6. The van der Waals surface area contributed by atoms with Crippen molar-refractivity contribution in [1.29, 1.82) is 0 Å². The molecule has 41 heavy (non-hydrogen) atoms. The van der Waals surface area contributed by atoms with Crippen LogP contribution in [0.4, 0.5) is 4.79 Å². The largest absolute Gasteiger partial charge is 0.460 e. The second kappa shape index (κ2) is 13.1. The van der Waals surface area contributed by atoms with Crippen LogP contribution >= 0.6 is 0 Å². The van der Waals surface area contributed by atoms with E-state index in [0.29, 0.717) is 37.8 Å². The number of rotatable bonds is 9. The fraction of sp³-hybridized carbons (Fsp3) is 0.516. The number of ether oxygens (including phenoxy) is 2. The van der Waals surface area contributed by atoms with Gasteiger partial charge in [-0.05, 0) is 70.6 Å². The molecule has 10 heteroatoms. The number of nitrogens with one attached hydrogen (secondary N) is 1. The molecule has 0 bridgehead atoms. The van der Waals surface area contributed by atoms with E-state index in [0.717, 1.165) is 24.0 Å². The lowest BCUT2D eigenvalue weighted by Gasteiger charge is -2.36. The minimum absolute atomic E-state index is 0.0401. The fourth-order valence-electron chi connectivity index (χ4n) is 4.77. The van der Waals surface area contributed by atoms with E-state index >= 15 is 0 Å². The van der Waals surface area contributed by atoms with Gasteiger partial charge in [-0.3, -0.25) is 14.4 Å². The molecule has 2 aromatic rings. The third kappa shape index (κ3) is 8.52. The zero-order valence-corrected chi connectivity index (χ0v) is 24.4. The number of nitrogens with zero attached hydrogens (tertiary/aromatic N) is 3. The maximum absolute atomic E-state index is 13.6. The van der Waals surface area contributed by atoms with E-state index in [1.807, 2.05) is 36.4 Å². The molecule has 2 heterocycles. The Morgan fingerprint density at radius 2 is 1.66 bits per heavy atom. The molecule has 1 aliphatic heterocycles. The predicted molar refractivity (Wildman–Crippen MR) is 153 cm³/mol. The van der Waals surface area contributed by atoms with Gasteiger partial charge in [0.15, 0.2) is 0 Å². The molecule has 2 fully saturated rings. The summed E-state index contributed by atoms with van der Waals surface area (Å²) in [6.45, 7) is 8.59. The number of amides is 3. The monoisotopic (exact) mass is 564 g/mol. The molecule has 0 unspecified atom stereocenters. The normalized spacial score (nSPS) is 16.1. The lowest BCUT2D eigenvalue weighted by molar-refractivity contribution is -0.155. The summed E-state index contributed by atoms with van der Waals surface area (Å²) < 4.78 is 10.5. The summed E-state index contributed by atoms with van der Waals surface area (Å²) >= 11 is 0. The molecule has 220 valence electrons. The standard InChI is InChI=1S/C31H40N4O6/c1-5-40-30(39)35-17-15-34(16-18-35)29(38)24(13-14-27(36)41-31(2,3)4)33-28(37)26-20-23(21-11-12-21)19-25(32-26)22-9-7-6-8-10-22/h6-10,19-21,24H,5,11-18H2,1-4H3,(H,33,37)/t24-/m0/s1. The van der Waals surface area contributed by atoms with Crippen LogP contribution in [-0.2, 0) is 19.1 Å². The molecule has 1 N–H and O–H groups in total. The smallest absolute Gasteiger partial charge is 0.409 e. The van der Waals surface area contributed by atoms with Crippen molar-refractivity contribution in [1.82, 2.24) is 20.1 Å². The van der Waals surface area contributed by atoms with Crippen molar-refractivity contribution >= 4 is 23.9 Å². The first-order chi connectivity index (χ1) is 19.5. The Balaban J connectivity index is 1.52. The Morgan fingerprint density at radius 1 is 1.00 bits per heavy atom. The number of hydrogen-bond acceptors (Lipinski definition) is 7.